The van der Waals surface area contributed by atoms with Crippen LogP contribution in [0.25, 0.3) is 0 Å². The number of nitrogens with two attached hydrogens (primary N) is 1. The van der Waals surface area contributed by atoms with E-state index in [9.17, 15) is 10.1 Å². The highest BCUT2D eigenvalue weighted by Crippen LogP contribution is 2.21. The Morgan fingerprint density at radius 2 is 2.21 bits per heavy atom. The van der Waals surface area contributed by atoms with Crippen LogP contribution in [0.5, 0.6) is 0 Å². The minimum absolute atomic E-state index is 0.0150. The van der Waals surface area contributed by atoms with Gasteiger partial charge in [0.1, 0.15) is 12.1 Å². The molecule has 0 unspecified atom stereocenters. The maximum absolute atomic E-state index is 10.5. The third-order valence-corrected chi connectivity index (χ3v) is 1.98. The first-order valence-corrected chi connectivity index (χ1v) is 4.76. The van der Waals surface area contributed by atoms with Crippen molar-refractivity contribution in [2.45, 2.75) is 0 Å². The van der Waals surface area contributed by atoms with Crippen molar-refractivity contribution in [2.24, 2.45) is 10.8 Å². The summed E-state index contributed by atoms with van der Waals surface area (Å²) in [7, 11) is 0. The van der Waals surface area contributed by atoms with Gasteiger partial charge < -0.3 is 5.73 Å². The second-order valence-electron chi connectivity index (χ2n) is 3.20. The van der Waals surface area contributed by atoms with Gasteiger partial charge in [0.25, 0.3) is 5.69 Å². The third-order valence-electron chi connectivity index (χ3n) is 1.98. The zero-order valence-electron chi connectivity index (χ0n) is 9.41. The Morgan fingerprint density at radius 3 is 2.68 bits per heavy atom. The second kappa shape index (κ2) is 5.75. The van der Waals surface area contributed by atoms with Crippen LogP contribution in [0.15, 0.2) is 23.3 Å². The molecule has 1 aromatic carbocycles. The average Bonchev–Trinajstić information content (AvgIpc) is 2.38. The van der Waals surface area contributed by atoms with Crippen LogP contribution >= 0.6 is 0 Å². The molecular weight excluding hydrogens is 250 g/mol. The Hall–Kier alpha value is -3.46. The molecule has 1 rings (SSSR count). The highest BCUT2D eigenvalue weighted by Gasteiger charge is 2.10. The molecule has 0 fully saturated rings. The van der Waals surface area contributed by atoms with Gasteiger partial charge in [-0.25, -0.2) is 0 Å². The Balaban J connectivity index is 3.10. The van der Waals surface area contributed by atoms with Crippen molar-refractivity contribution in [3.63, 3.8) is 0 Å². The van der Waals surface area contributed by atoms with E-state index >= 15 is 0 Å². The minimum atomic E-state index is -0.635. The number of nitriles is 2. The van der Waals surface area contributed by atoms with E-state index in [1.54, 1.807) is 12.1 Å². The molecule has 0 aliphatic rings. The summed E-state index contributed by atoms with van der Waals surface area (Å²) in [5.74, 6) is -0.532. The van der Waals surface area contributed by atoms with E-state index in [-0.39, 0.29) is 22.6 Å². The summed E-state index contributed by atoms with van der Waals surface area (Å²) in [5, 5.41) is 38.6. The largest absolute Gasteiger partial charge is 0.382 e. The number of anilines is 1. The lowest BCUT2D eigenvalue weighted by Gasteiger charge is -2.03. The van der Waals surface area contributed by atoms with Crippen molar-refractivity contribution in [2.75, 3.05) is 5.43 Å². The number of nitrogens with one attached hydrogen (secondary N) is 2. The fraction of sp³-hybridized carbons (Fsp3) is 0. The average molecular weight is 257 g/mol. The molecule has 0 heterocycles. The number of benzene rings is 1. The van der Waals surface area contributed by atoms with Gasteiger partial charge in [-0.3, -0.25) is 20.9 Å². The van der Waals surface area contributed by atoms with Crippen LogP contribution in [0, 0.1) is 38.2 Å². The van der Waals surface area contributed by atoms with Gasteiger partial charge in [0.05, 0.1) is 16.2 Å². The predicted molar refractivity (Wildman–Crippen MR) is 66.4 cm³/mol. The molecule has 9 nitrogen and oxygen atoms in total. The third kappa shape index (κ3) is 3.25. The van der Waals surface area contributed by atoms with Crippen LogP contribution in [0.1, 0.15) is 5.56 Å². The van der Waals surface area contributed by atoms with Crippen molar-refractivity contribution in [3.8, 4) is 12.1 Å². The Bertz CT molecular complexity index is 651. The Kier molecular flexibility index (Phi) is 4.11. The van der Waals surface area contributed by atoms with E-state index in [4.69, 9.17) is 21.7 Å². The smallest absolute Gasteiger partial charge is 0.270 e. The number of amidine groups is 1. The number of nitrogens with zero attached hydrogens (tertiary/aromatic N) is 4. The molecule has 0 bridgehead atoms. The van der Waals surface area contributed by atoms with Crippen molar-refractivity contribution in [1.82, 2.24) is 0 Å². The van der Waals surface area contributed by atoms with E-state index in [0.717, 1.165) is 6.07 Å². The van der Waals surface area contributed by atoms with Crippen LogP contribution in [-0.2, 0) is 0 Å². The molecule has 0 aliphatic heterocycles. The van der Waals surface area contributed by atoms with E-state index in [2.05, 4.69) is 10.5 Å². The maximum Gasteiger partial charge on any atom is 0.270 e. The van der Waals surface area contributed by atoms with Crippen molar-refractivity contribution < 1.29 is 4.92 Å². The van der Waals surface area contributed by atoms with Crippen LogP contribution in [0.4, 0.5) is 11.4 Å². The predicted octanol–water partition coefficient (Wildman–Crippen LogP) is 0.694. The van der Waals surface area contributed by atoms with Gasteiger partial charge in [-0.1, -0.05) is 0 Å². The molecule has 9 heteroatoms. The standard InChI is InChI=1S/C10H7N7O2/c11-4-6-3-7(17(18)19)1-2-8(6)15-16-9(5-12)10(13)14/h1-3,15H,(H3,13,14)/b16-9+. The number of hydrogen-bond donors (Lipinski definition) is 3. The molecule has 0 saturated heterocycles. The maximum atomic E-state index is 10.5. The van der Waals surface area contributed by atoms with Crippen molar-refractivity contribution >= 4 is 22.9 Å². The fourth-order valence-corrected chi connectivity index (χ4v) is 1.10. The molecule has 0 aromatic heterocycles. The SMILES string of the molecule is N#C/C(=N\Nc1ccc([N+](=O)[O-])cc1C#N)C(=N)N. The van der Waals surface area contributed by atoms with Gasteiger partial charge in [0, 0.05) is 12.1 Å². The normalized spacial score (nSPS) is 10.1. The van der Waals surface area contributed by atoms with Crippen LogP contribution in [0.2, 0.25) is 0 Å². The summed E-state index contributed by atoms with van der Waals surface area (Å²) in [6, 6.07) is 6.86. The number of hydrogen-bond acceptors (Lipinski definition) is 7. The van der Waals surface area contributed by atoms with Crippen molar-refractivity contribution in [1.29, 1.82) is 15.9 Å². The summed E-state index contributed by atoms with van der Waals surface area (Å²) in [4.78, 5) is 9.91. The van der Waals surface area contributed by atoms with E-state index in [1.807, 2.05) is 0 Å². The van der Waals surface area contributed by atoms with Crippen LogP contribution in [-0.4, -0.2) is 16.5 Å². The zero-order chi connectivity index (χ0) is 14.4. The summed E-state index contributed by atoms with van der Waals surface area (Å²) in [6.45, 7) is 0. The van der Waals surface area contributed by atoms with Gasteiger partial charge in [-0.2, -0.15) is 15.6 Å². The highest BCUT2D eigenvalue weighted by atomic mass is 16.6. The summed E-state index contributed by atoms with van der Waals surface area (Å²) in [6.07, 6.45) is 0. The Morgan fingerprint density at radius 1 is 1.53 bits per heavy atom. The summed E-state index contributed by atoms with van der Waals surface area (Å²) >= 11 is 0. The van der Waals surface area contributed by atoms with Crippen molar-refractivity contribution in [3.05, 3.63) is 33.9 Å². The molecule has 0 saturated carbocycles. The van der Waals surface area contributed by atoms with Gasteiger partial charge in [0.2, 0.25) is 5.71 Å². The molecule has 0 atom stereocenters. The highest BCUT2D eigenvalue weighted by molar-refractivity contribution is 6.45. The molecule has 0 aliphatic carbocycles. The second-order valence-corrected chi connectivity index (χ2v) is 3.20. The van der Waals surface area contributed by atoms with E-state index < -0.39 is 10.8 Å². The monoisotopic (exact) mass is 257 g/mol. The lowest BCUT2D eigenvalue weighted by Crippen LogP contribution is -2.21. The fourth-order valence-electron chi connectivity index (χ4n) is 1.10. The topological polar surface area (TPSA) is 165 Å². The van der Waals surface area contributed by atoms with E-state index in [0.29, 0.717) is 0 Å². The van der Waals surface area contributed by atoms with Gasteiger partial charge in [-0.15, -0.1) is 0 Å². The number of rotatable bonds is 4. The first-order chi connectivity index (χ1) is 8.99. The molecule has 0 amide bonds. The van der Waals surface area contributed by atoms with E-state index in [1.165, 1.54) is 12.1 Å². The molecule has 0 radical (unpaired) electrons. The number of hydrazone groups is 1. The number of nitro benzene ring substituents is 1. The van der Waals surface area contributed by atoms with Gasteiger partial charge in [0.15, 0.2) is 5.84 Å². The molecular formula is C10H7N7O2. The lowest BCUT2D eigenvalue weighted by atomic mass is 10.2. The van der Waals surface area contributed by atoms with Crippen LogP contribution < -0.4 is 11.2 Å². The first kappa shape index (κ1) is 13.6. The number of nitro groups is 1. The molecule has 0 spiro atoms. The quantitative estimate of drug-likeness (QED) is 0.310. The lowest BCUT2D eigenvalue weighted by molar-refractivity contribution is -0.384. The first-order valence-electron chi connectivity index (χ1n) is 4.76. The minimum Gasteiger partial charge on any atom is -0.382 e. The number of non-ortho nitro benzene ring substituents is 1. The molecule has 4 N–H and O–H groups in total. The summed E-state index contributed by atoms with van der Waals surface area (Å²) in [5.41, 5.74) is 7.00. The Labute approximate surface area is 107 Å². The molecule has 94 valence electrons. The van der Waals surface area contributed by atoms with Crippen LogP contribution in [0.3, 0.4) is 0 Å². The summed E-state index contributed by atoms with van der Waals surface area (Å²) < 4.78 is 0. The van der Waals surface area contributed by atoms with Gasteiger partial charge >= 0.3 is 0 Å². The van der Waals surface area contributed by atoms with Gasteiger partial charge in [-0.05, 0) is 6.07 Å². The molecule has 19 heavy (non-hydrogen) atoms. The zero-order valence-corrected chi connectivity index (χ0v) is 9.41. The molecule has 1 aromatic rings.